The van der Waals surface area contributed by atoms with E-state index in [0.717, 1.165) is 0 Å². The molecule has 0 saturated heterocycles. The molecule has 0 amide bonds. The predicted molar refractivity (Wildman–Crippen MR) is 199 cm³/mol. The summed E-state index contributed by atoms with van der Waals surface area (Å²) in [5.41, 5.74) is 8.80. The monoisotopic (exact) mass is 604 g/mol. The Morgan fingerprint density at radius 2 is 1.04 bits per heavy atom. The molecule has 1 N–H and O–H groups in total. The van der Waals surface area contributed by atoms with Gasteiger partial charge in [0.15, 0.2) is 0 Å². The van der Waals surface area contributed by atoms with Crippen LogP contribution in [0.2, 0.25) is 0 Å². The quantitative estimate of drug-likeness (QED) is 0.202. The van der Waals surface area contributed by atoms with Gasteiger partial charge in [0.25, 0.3) is 0 Å². The summed E-state index contributed by atoms with van der Waals surface area (Å²) in [6.45, 7) is 0. The molecule has 3 heterocycles. The second kappa shape index (κ2) is 9.93. The van der Waals surface area contributed by atoms with Crippen molar-refractivity contribution in [2.75, 3.05) is 10.2 Å². The number of rotatable bonds is 3. The highest BCUT2D eigenvalue weighted by molar-refractivity contribution is 7.23. The minimum atomic E-state index is 0.126. The normalized spacial score (nSPS) is 15.3. The number of hydrogen-bond donors (Lipinski definition) is 1. The lowest BCUT2D eigenvalue weighted by atomic mass is 9.83. The molecule has 1 aromatic heterocycles. The summed E-state index contributed by atoms with van der Waals surface area (Å²) in [6, 6.07) is 50.9. The number of thiophene rings is 1. The maximum atomic E-state index is 3.77. The van der Waals surface area contributed by atoms with Crippen LogP contribution in [0.1, 0.15) is 5.56 Å². The first-order chi connectivity index (χ1) is 22.8. The Kier molecular flexibility index (Phi) is 5.54. The van der Waals surface area contributed by atoms with E-state index in [2.05, 4.69) is 168 Å². The molecule has 1 unspecified atom stereocenters. The first kappa shape index (κ1) is 25.7. The Balaban J connectivity index is 1.22. The molecule has 0 aliphatic carbocycles. The van der Waals surface area contributed by atoms with E-state index in [0.29, 0.717) is 0 Å². The van der Waals surface area contributed by atoms with Crippen LogP contribution in [0.5, 0.6) is 0 Å². The summed E-state index contributed by atoms with van der Waals surface area (Å²) in [7, 11) is 0. The second-order valence-electron chi connectivity index (χ2n) is 12.1. The van der Waals surface area contributed by atoms with Crippen LogP contribution in [-0.2, 0) is 0 Å². The van der Waals surface area contributed by atoms with Gasteiger partial charge in [0.05, 0.1) is 5.69 Å². The zero-order valence-corrected chi connectivity index (χ0v) is 25.8. The molecule has 8 aromatic rings. The molecule has 3 heteroatoms. The predicted octanol–water partition coefficient (Wildman–Crippen LogP) is 11.9. The molecular formula is C43H28N2S. The minimum Gasteiger partial charge on any atom is -0.359 e. The Bertz CT molecular complexity index is 2520. The van der Waals surface area contributed by atoms with E-state index in [9.17, 15) is 0 Å². The molecule has 0 radical (unpaired) electrons. The van der Waals surface area contributed by atoms with E-state index in [-0.39, 0.29) is 6.17 Å². The summed E-state index contributed by atoms with van der Waals surface area (Å²) in [5, 5.41) is 14.0. The number of allylic oxidation sites excluding steroid dienone is 2. The van der Waals surface area contributed by atoms with Crippen molar-refractivity contribution in [2.24, 2.45) is 0 Å². The molecule has 0 bridgehead atoms. The van der Waals surface area contributed by atoms with Gasteiger partial charge in [-0.3, -0.25) is 0 Å². The Morgan fingerprint density at radius 3 is 1.74 bits per heavy atom. The van der Waals surface area contributed by atoms with Crippen LogP contribution in [0.4, 0.5) is 10.7 Å². The lowest BCUT2D eigenvalue weighted by Crippen LogP contribution is -2.31. The summed E-state index contributed by atoms with van der Waals surface area (Å²) >= 11 is 1.86. The largest absolute Gasteiger partial charge is 0.359 e. The maximum Gasteiger partial charge on any atom is 0.124 e. The zero-order valence-electron chi connectivity index (χ0n) is 24.9. The van der Waals surface area contributed by atoms with Gasteiger partial charge < -0.3 is 10.2 Å². The Morgan fingerprint density at radius 1 is 0.500 bits per heavy atom. The van der Waals surface area contributed by atoms with Gasteiger partial charge in [-0.2, -0.15) is 0 Å². The molecule has 46 heavy (non-hydrogen) atoms. The molecule has 2 aliphatic rings. The van der Waals surface area contributed by atoms with Gasteiger partial charge in [-0.05, 0) is 77.9 Å². The van der Waals surface area contributed by atoms with Crippen LogP contribution in [0.25, 0.3) is 70.2 Å². The van der Waals surface area contributed by atoms with Gasteiger partial charge in [-0.25, -0.2) is 0 Å². The second-order valence-corrected chi connectivity index (χ2v) is 13.2. The number of nitrogens with one attached hydrogen (secondary N) is 1. The van der Waals surface area contributed by atoms with Crippen molar-refractivity contribution in [1.82, 2.24) is 0 Å². The van der Waals surface area contributed by atoms with Crippen LogP contribution < -0.4 is 10.2 Å². The van der Waals surface area contributed by atoms with Crippen LogP contribution in [0.3, 0.4) is 0 Å². The molecule has 1 atom stereocenters. The molecular weight excluding hydrogens is 577 g/mol. The standard InChI is InChI=1S/C43H28N2S/c1-2-12-27(13-3-1)29-23-24-36(31-15-5-4-14-30(29)31)41-34-18-8-6-16-32(34)40(33-17-7-9-19-35(33)41)28-22-25-39-44-42-37-20-10-11-21-38(37)46-43(42)45(39)26-28/h1-26,39,44H. The Hall–Kier alpha value is -5.64. The molecule has 7 aromatic carbocycles. The minimum absolute atomic E-state index is 0.126. The molecule has 0 spiro atoms. The topological polar surface area (TPSA) is 15.3 Å². The van der Waals surface area contributed by atoms with Crippen molar-refractivity contribution in [3.8, 4) is 22.3 Å². The maximum absolute atomic E-state index is 3.77. The van der Waals surface area contributed by atoms with E-state index < -0.39 is 0 Å². The van der Waals surface area contributed by atoms with Crippen molar-refractivity contribution in [3.05, 3.63) is 163 Å². The van der Waals surface area contributed by atoms with Gasteiger partial charge in [0.1, 0.15) is 11.2 Å². The van der Waals surface area contributed by atoms with E-state index in [4.69, 9.17) is 0 Å². The lowest BCUT2D eigenvalue weighted by molar-refractivity contribution is 0.916. The summed E-state index contributed by atoms with van der Waals surface area (Å²) in [6.07, 6.45) is 7.10. The SMILES string of the molecule is C1=CC2Nc3c(sc4ccccc34)N2C=C1c1c2ccccc2c(-c2ccc(-c3ccccc3)c3ccccc23)c2ccccc12. The third kappa shape index (κ3) is 3.70. The highest BCUT2D eigenvalue weighted by Gasteiger charge is 2.32. The van der Waals surface area contributed by atoms with Crippen LogP contribution >= 0.6 is 11.3 Å². The van der Waals surface area contributed by atoms with Gasteiger partial charge in [0, 0.05) is 16.3 Å². The number of benzene rings is 7. The van der Waals surface area contributed by atoms with Crippen molar-refractivity contribution in [1.29, 1.82) is 0 Å². The molecule has 216 valence electrons. The van der Waals surface area contributed by atoms with E-state index in [1.807, 2.05) is 11.3 Å². The highest BCUT2D eigenvalue weighted by Crippen LogP contribution is 2.51. The molecule has 0 fully saturated rings. The highest BCUT2D eigenvalue weighted by atomic mass is 32.1. The number of hydrogen-bond acceptors (Lipinski definition) is 3. The fourth-order valence-electron chi connectivity index (χ4n) is 7.63. The van der Waals surface area contributed by atoms with Gasteiger partial charge in [-0.1, -0.05) is 140 Å². The molecule has 2 nitrogen and oxygen atoms in total. The van der Waals surface area contributed by atoms with Gasteiger partial charge in [0.2, 0.25) is 0 Å². The summed E-state index contributed by atoms with van der Waals surface area (Å²) in [5.74, 6) is 0. The van der Waals surface area contributed by atoms with Gasteiger partial charge in [-0.15, -0.1) is 11.3 Å². The summed E-state index contributed by atoms with van der Waals surface area (Å²) in [4.78, 5) is 2.42. The molecule has 0 saturated carbocycles. The zero-order chi connectivity index (χ0) is 30.2. The van der Waals surface area contributed by atoms with Crippen molar-refractivity contribution in [2.45, 2.75) is 6.17 Å². The van der Waals surface area contributed by atoms with Crippen LogP contribution in [-0.4, -0.2) is 6.17 Å². The third-order valence-corrected chi connectivity index (χ3v) is 10.8. The summed E-state index contributed by atoms with van der Waals surface area (Å²) < 4.78 is 1.31. The van der Waals surface area contributed by atoms with E-state index >= 15 is 0 Å². The fourth-order valence-corrected chi connectivity index (χ4v) is 8.81. The molecule has 10 rings (SSSR count). The Labute approximate surface area is 271 Å². The first-order valence-electron chi connectivity index (χ1n) is 15.8. The van der Waals surface area contributed by atoms with Crippen molar-refractivity contribution >= 4 is 70.0 Å². The van der Waals surface area contributed by atoms with E-state index in [1.165, 1.54) is 86.5 Å². The average molecular weight is 605 g/mol. The third-order valence-electron chi connectivity index (χ3n) is 9.64. The van der Waals surface area contributed by atoms with Crippen molar-refractivity contribution in [3.63, 3.8) is 0 Å². The first-order valence-corrected chi connectivity index (χ1v) is 16.6. The van der Waals surface area contributed by atoms with Crippen LogP contribution in [0, 0.1) is 0 Å². The molecule has 2 aliphatic heterocycles. The number of fused-ring (bicyclic) bond motifs is 8. The smallest absolute Gasteiger partial charge is 0.124 e. The average Bonchev–Trinajstić information content (AvgIpc) is 3.66. The number of anilines is 2. The van der Waals surface area contributed by atoms with Crippen LogP contribution in [0.15, 0.2) is 158 Å². The van der Waals surface area contributed by atoms with E-state index in [1.54, 1.807) is 0 Å². The lowest BCUT2D eigenvalue weighted by Gasteiger charge is -2.26. The van der Waals surface area contributed by atoms with Crippen molar-refractivity contribution < 1.29 is 0 Å². The fraction of sp³-hybridized carbons (Fsp3) is 0.0233. The number of nitrogens with zero attached hydrogens (tertiary/aromatic N) is 1. The van der Waals surface area contributed by atoms with Gasteiger partial charge >= 0.3 is 0 Å².